The largest absolute Gasteiger partial charge is 0.481 e. The fourth-order valence-corrected chi connectivity index (χ4v) is 3.31. The molecule has 0 aliphatic carbocycles. The standard InChI is InChI=1S/C16H25N5O3/c1-24-16-18-14(20-8-4-2-3-5-9-20)17-15(19-16)21-10-6-12(7-11-21)13(22)23/h12H,2-11H2,1H3,(H,22,23). The third-order valence-electron chi connectivity index (χ3n) is 4.79. The molecule has 2 fully saturated rings. The van der Waals surface area contributed by atoms with Crippen LogP contribution in [0.3, 0.4) is 0 Å². The molecule has 3 rings (SSSR count). The molecule has 0 amide bonds. The van der Waals surface area contributed by atoms with Gasteiger partial charge >= 0.3 is 12.0 Å². The van der Waals surface area contributed by atoms with Crippen LogP contribution in [0.15, 0.2) is 0 Å². The van der Waals surface area contributed by atoms with E-state index in [9.17, 15) is 4.79 Å². The molecule has 0 bridgehead atoms. The monoisotopic (exact) mass is 335 g/mol. The van der Waals surface area contributed by atoms with Crippen molar-refractivity contribution < 1.29 is 14.6 Å². The second-order valence-corrected chi connectivity index (χ2v) is 6.42. The quantitative estimate of drug-likeness (QED) is 0.886. The van der Waals surface area contributed by atoms with Crippen LogP contribution in [0.5, 0.6) is 6.01 Å². The Bertz CT molecular complexity index is 567. The molecule has 8 heteroatoms. The van der Waals surface area contributed by atoms with E-state index in [1.54, 1.807) is 7.11 Å². The Morgan fingerprint density at radius 1 is 0.958 bits per heavy atom. The number of ether oxygens (including phenoxy) is 1. The van der Waals surface area contributed by atoms with Crippen LogP contribution >= 0.6 is 0 Å². The van der Waals surface area contributed by atoms with Crippen LogP contribution in [0.25, 0.3) is 0 Å². The predicted molar refractivity (Wildman–Crippen MR) is 89.6 cm³/mol. The molecule has 2 saturated heterocycles. The number of anilines is 2. The Hall–Kier alpha value is -2.12. The van der Waals surface area contributed by atoms with Crippen molar-refractivity contribution in [2.45, 2.75) is 38.5 Å². The van der Waals surface area contributed by atoms with Crippen molar-refractivity contribution in [1.82, 2.24) is 15.0 Å². The number of hydrogen-bond donors (Lipinski definition) is 1. The highest BCUT2D eigenvalue weighted by molar-refractivity contribution is 5.70. The average molecular weight is 335 g/mol. The van der Waals surface area contributed by atoms with E-state index >= 15 is 0 Å². The molecule has 2 aliphatic rings. The van der Waals surface area contributed by atoms with Crippen molar-refractivity contribution in [3.8, 4) is 6.01 Å². The van der Waals surface area contributed by atoms with Crippen molar-refractivity contribution in [2.75, 3.05) is 43.1 Å². The van der Waals surface area contributed by atoms with Crippen LogP contribution in [0, 0.1) is 5.92 Å². The maximum absolute atomic E-state index is 11.1. The first-order chi connectivity index (χ1) is 11.7. The Labute approximate surface area is 141 Å². The minimum Gasteiger partial charge on any atom is -0.481 e. The maximum Gasteiger partial charge on any atom is 0.322 e. The summed E-state index contributed by atoms with van der Waals surface area (Å²) in [6.45, 7) is 3.19. The number of carbonyl (C=O) groups is 1. The summed E-state index contributed by atoms with van der Waals surface area (Å²) >= 11 is 0. The van der Waals surface area contributed by atoms with Crippen LogP contribution < -0.4 is 14.5 Å². The van der Waals surface area contributed by atoms with Gasteiger partial charge in [-0.1, -0.05) is 12.8 Å². The molecule has 0 atom stereocenters. The van der Waals surface area contributed by atoms with Crippen LogP contribution in [0.1, 0.15) is 38.5 Å². The molecule has 2 aliphatic heterocycles. The second-order valence-electron chi connectivity index (χ2n) is 6.42. The highest BCUT2D eigenvalue weighted by Crippen LogP contribution is 2.24. The lowest BCUT2D eigenvalue weighted by Gasteiger charge is -2.30. The lowest BCUT2D eigenvalue weighted by atomic mass is 9.97. The van der Waals surface area contributed by atoms with Gasteiger partial charge in [0, 0.05) is 26.2 Å². The van der Waals surface area contributed by atoms with Gasteiger partial charge < -0.3 is 19.6 Å². The van der Waals surface area contributed by atoms with Crippen LogP contribution in [0.2, 0.25) is 0 Å². The van der Waals surface area contributed by atoms with Gasteiger partial charge in [0.2, 0.25) is 11.9 Å². The fourth-order valence-electron chi connectivity index (χ4n) is 3.31. The molecule has 24 heavy (non-hydrogen) atoms. The Balaban J connectivity index is 1.78. The number of rotatable bonds is 4. The summed E-state index contributed by atoms with van der Waals surface area (Å²) in [6.07, 6.45) is 6.01. The molecule has 3 heterocycles. The summed E-state index contributed by atoms with van der Waals surface area (Å²) in [6, 6.07) is 0.319. The van der Waals surface area contributed by atoms with Gasteiger partial charge in [-0.15, -0.1) is 0 Å². The van der Waals surface area contributed by atoms with Crippen molar-refractivity contribution in [2.24, 2.45) is 5.92 Å². The van der Waals surface area contributed by atoms with E-state index < -0.39 is 5.97 Å². The van der Waals surface area contributed by atoms with E-state index in [0.29, 0.717) is 43.8 Å². The Kier molecular flexibility index (Phi) is 5.32. The number of methoxy groups -OCH3 is 1. The summed E-state index contributed by atoms with van der Waals surface area (Å²) in [7, 11) is 1.56. The van der Waals surface area contributed by atoms with Crippen molar-refractivity contribution in [3.05, 3.63) is 0 Å². The molecular formula is C16H25N5O3. The highest BCUT2D eigenvalue weighted by atomic mass is 16.5. The van der Waals surface area contributed by atoms with Crippen molar-refractivity contribution in [3.63, 3.8) is 0 Å². The molecule has 132 valence electrons. The summed E-state index contributed by atoms with van der Waals surface area (Å²) in [5, 5.41) is 9.13. The van der Waals surface area contributed by atoms with Crippen LogP contribution in [0.4, 0.5) is 11.9 Å². The van der Waals surface area contributed by atoms with Crippen LogP contribution in [-0.4, -0.2) is 59.3 Å². The first-order valence-corrected chi connectivity index (χ1v) is 8.70. The summed E-state index contributed by atoms with van der Waals surface area (Å²) in [4.78, 5) is 28.8. The third-order valence-corrected chi connectivity index (χ3v) is 4.79. The summed E-state index contributed by atoms with van der Waals surface area (Å²) in [5.41, 5.74) is 0. The number of piperidine rings is 1. The molecule has 1 aromatic rings. The molecule has 0 saturated carbocycles. The number of carboxylic acids is 1. The fraction of sp³-hybridized carbons (Fsp3) is 0.750. The van der Waals surface area contributed by atoms with E-state index in [0.717, 1.165) is 25.9 Å². The number of hydrogen-bond acceptors (Lipinski definition) is 7. The lowest BCUT2D eigenvalue weighted by molar-refractivity contribution is -0.142. The van der Waals surface area contributed by atoms with E-state index in [4.69, 9.17) is 9.84 Å². The number of carboxylic acid groups (broad SMARTS) is 1. The normalized spacial score (nSPS) is 19.9. The molecule has 0 unspecified atom stereocenters. The number of aromatic nitrogens is 3. The first-order valence-electron chi connectivity index (χ1n) is 8.70. The molecule has 1 N–H and O–H groups in total. The first kappa shape index (κ1) is 16.7. The smallest absolute Gasteiger partial charge is 0.322 e. The van der Waals surface area contributed by atoms with Gasteiger partial charge in [0.05, 0.1) is 13.0 Å². The van der Waals surface area contributed by atoms with Gasteiger partial charge in [-0.2, -0.15) is 15.0 Å². The highest BCUT2D eigenvalue weighted by Gasteiger charge is 2.27. The van der Waals surface area contributed by atoms with Crippen molar-refractivity contribution in [1.29, 1.82) is 0 Å². The minimum absolute atomic E-state index is 0.268. The van der Waals surface area contributed by atoms with Gasteiger partial charge in [-0.3, -0.25) is 4.79 Å². The Morgan fingerprint density at radius 3 is 2.00 bits per heavy atom. The second kappa shape index (κ2) is 7.63. The van der Waals surface area contributed by atoms with Crippen molar-refractivity contribution >= 4 is 17.9 Å². The maximum atomic E-state index is 11.1. The van der Waals surface area contributed by atoms with E-state index in [2.05, 4.69) is 19.9 Å². The molecular weight excluding hydrogens is 310 g/mol. The SMILES string of the molecule is COc1nc(N2CCCCCC2)nc(N2CCC(C(=O)O)CC2)n1. The number of nitrogens with zero attached hydrogens (tertiary/aromatic N) is 5. The zero-order valence-electron chi connectivity index (χ0n) is 14.1. The minimum atomic E-state index is -0.715. The molecule has 0 spiro atoms. The molecule has 1 aromatic heterocycles. The van der Waals surface area contributed by atoms with Crippen LogP contribution in [-0.2, 0) is 4.79 Å². The molecule has 0 aromatic carbocycles. The third kappa shape index (κ3) is 3.85. The molecule has 0 radical (unpaired) electrons. The average Bonchev–Trinajstić information content (AvgIpc) is 2.91. The van der Waals surface area contributed by atoms with Gasteiger partial charge in [0.1, 0.15) is 0 Å². The van der Waals surface area contributed by atoms with E-state index in [1.165, 1.54) is 12.8 Å². The number of aliphatic carboxylic acids is 1. The Morgan fingerprint density at radius 2 is 1.50 bits per heavy atom. The zero-order valence-corrected chi connectivity index (χ0v) is 14.1. The van der Waals surface area contributed by atoms with E-state index in [1.807, 2.05) is 4.90 Å². The van der Waals surface area contributed by atoms with Gasteiger partial charge in [0.15, 0.2) is 0 Å². The predicted octanol–water partition coefficient (Wildman–Crippen LogP) is 1.56. The van der Waals surface area contributed by atoms with Gasteiger partial charge in [0.25, 0.3) is 0 Å². The van der Waals surface area contributed by atoms with E-state index in [-0.39, 0.29) is 5.92 Å². The van der Waals surface area contributed by atoms with Gasteiger partial charge in [-0.25, -0.2) is 0 Å². The summed E-state index contributed by atoms with van der Waals surface area (Å²) < 4.78 is 5.26. The van der Waals surface area contributed by atoms with Gasteiger partial charge in [-0.05, 0) is 25.7 Å². The molecule has 8 nitrogen and oxygen atoms in total. The topological polar surface area (TPSA) is 91.7 Å². The zero-order chi connectivity index (χ0) is 16.9. The lowest BCUT2D eigenvalue weighted by Crippen LogP contribution is -2.38. The summed E-state index contributed by atoms with van der Waals surface area (Å²) in [5.74, 6) is 0.271.